The zero-order valence-electron chi connectivity index (χ0n) is 16.8. The van der Waals surface area contributed by atoms with Gasteiger partial charge in [0.2, 0.25) is 6.29 Å². The molecular weight excluding hydrogens is 399 g/mol. The quantitative estimate of drug-likeness (QED) is 0.391. The first-order valence-electron chi connectivity index (χ1n) is 9.98. The molecule has 1 atom stereocenters. The third-order valence-corrected chi connectivity index (χ3v) is 4.93. The molecule has 3 aromatic rings. The van der Waals surface area contributed by atoms with Gasteiger partial charge in [-0.05, 0) is 12.1 Å². The number of rotatable bonds is 7. The first kappa shape index (κ1) is 20.8. The molecule has 0 aliphatic carbocycles. The van der Waals surface area contributed by atoms with E-state index in [0.717, 1.165) is 5.56 Å². The number of ether oxygens (including phenoxy) is 3. The smallest absolute Gasteiger partial charge is 0.306 e. The summed E-state index contributed by atoms with van der Waals surface area (Å²) < 4.78 is 31.0. The summed E-state index contributed by atoms with van der Waals surface area (Å²) in [6.07, 6.45) is -0.635. The molecular formula is C25H21FO5. The van der Waals surface area contributed by atoms with Crippen molar-refractivity contribution in [1.29, 1.82) is 0 Å². The molecule has 0 amide bonds. The van der Waals surface area contributed by atoms with Gasteiger partial charge in [0, 0.05) is 28.7 Å². The summed E-state index contributed by atoms with van der Waals surface area (Å²) in [5.74, 6) is -0.676. The Bertz CT molecular complexity index is 1070. The Kier molecular flexibility index (Phi) is 6.38. The van der Waals surface area contributed by atoms with Crippen molar-refractivity contribution in [3.63, 3.8) is 0 Å². The lowest BCUT2D eigenvalue weighted by atomic mass is 10.1. The van der Waals surface area contributed by atoms with Gasteiger partial charge in [0.25, 0.3) is 0 Å². The molecule has 0 bridgehead atoms. The average Bonchev–Trinajstić information content (AvgIpc) is 2.81. The number of hydrogen-bond donors (Lipinski definition) is 0. The molecule has 0 saturated heterocycles. The first-order valence-corrected chi connectivity index (χ1v) is 9.98. The topological polar surface area (TPSA) is 61.8 Å². The molecule has 0 aromatic heterocycles. The van der Waals surface area contributed by atoms with E-state index in [1.165, 1.54) is 12.1 Å². The number of Topliss-reactive ketones (excluding diaryl/α,β-unsaturated/α-hetero) is 1. The van der Waals surface area contributed by atoms with Gasteiger partial charge in [0.1, 0.15) is 18.2 Å². The van der Waals surface area contributed by atoms with E-state index < -0.39 is 18.1 Å². The number of fused-ring (bicyclic) bond motifs is 1. The molecule has 1 unspecified atom stereocenters. The van der Waals surface area contributed by atoms with Crippen LogP contribution in [-0.2, 0) is 27.5 Å². The van der Waals surface area contributed by atoms with Crippen LogP contribution in [0.4, 0.5) is 4.39 Å². The minimum Gasteiger partial charge on any atom is -0.461 e. The maximum absolute atomic E-state index is 14.0. The van der Waals surface area contributed by atoms with Gasteiger partial charge in [0.05, 0.1) is 13.0 Å². The lowest BCUT2D eigenvalue weighted by molar-refractivity contribution is -0.145. The van der Waals surface area contributed by atoms with Gasteiger partial charge in [-0.2, -0.15) is 0 Å². The number of ketones is 1. The van der Waals surface area contributed by atoms with Crippen molar-refractivity contribution in [3.05, 3.63) is 101 Å². The number of benzene rings is 3. The minimum atomic E-state index is -0.628. The molecule has 1 heterocycles. The van der Waals surface area contributed by atoms with Crippen molar-refractivity contribution in [1.82, 2.24) is 0 Å². The van der Waals surface area contributed by atoms with E-state index in [4.69, 9.17) is 14.2 Å². The Balaban J connectivity index is 1.39. The third kappa shape index (κ3) is 5.16. The number of carbonyl (C=O) groups is 2. The molecule has 1 aliphatic heterocycles. The Hall–Kier alpha value is -3.51. The molecule has 158 valence electrons. The van der Waals surface area contributed by atoms with Crippen LogP contribution in [0.2, 0.25) is 0 Å². The fourth-order valence-electron chi connectivity index (χ4n) is 3.37. The summed E-state index contributed by atoms with van der Waals surface area (Å²) in [6.45, 7) is 0.0269. The van der Waals surface area contributed by atoms with Crippen LogP contribution in [0.15, 0.2) is 72.8 Å². The lowest BCUT2D eigenvalue weighted by Gasteiger charge is -2.28. The number of halogens is 1. The molecule has 5 nitrogen and oxygen atoms in total. The van der Waals surface area contributed by atoms with Crippen LogP contribution in [-0.4, -0.2) is 11.8 Å². The molecule has 0 radical (unpaired) electrons. The molecule has 0 spiro atoms. The van der Waals surface area contributed by atoms with Crippen LogP contribution < -0.4 is 4.74 Å². The summed E-state index contributed by atoms with van der Waals surface area (Å²) in [7, 11) is 0. The van der Waals surface area contributed by atoms with Gasteiger partial charge in [-0.25, -0.2) is 4.39 Å². The largest absolute Gasteiger partial charge is 0.461 e. The van der Waals surface area contributed by atoms with E-state index in [2.05, 4.69) is 0 Å². The molecule has 3 aromatic carbocycles. The van der Waals surface area contributed by atoms with Crippen LogP contribution in [0.3, 0.4) is 0 Å². The summed E-state index contributed by atoms with van der Waals surface area (Å²) >= 11 is 0. The maximum Gasteiger partial charge on any atom is 0.306 e. The van der Waals surface area contributed by atoms with Gasteiger partial charge >= 0.3 is 5.97 Å². The molecule has 0 N–H and O–H groups in total. The summed E-state index contributed by atoms with van der Waals surface area (Å²) in [6, 6.07) is 20.8. The van der Waals surface area contributed by atoms with Gasteiger partial charge in [0.15, 0.2) is 5.78 Å². The van der Waals surface area contributed by atoms with Gasteiger partial charge in [-0.1, -0.05) is 60.7 Å². The van der Waals surface area contributed by atoms with Crippen molar-refractivity contribution >= 4 is 11.8 Å². The second kappa shape index (κ2) is 9.53. The molecule has 0 fully saturated rings. The van der Waals surface area contributed by atoms with Crippen molar-refractivity contribution in [3.8, 4) is 5.75 Å². The van der Waals surface area contributed by atoms with Crippen LogP contribution >= 0.6 is 0 Å². The molecule has 6 heteroatoms. The van der Waals surface area contributed by atoms with E-state index in [1.807, 2.05) is 36.4 Å². The highest BCUT2D eigenvalue weighted by Crippen LogP contribution is 2.36. The van der Waals surface area contributed by atoms with Crippen LogP contribution in [0.25, 0.3) is 0 Å². The lowest BCUT2D eigenvalue weighted by Crippen LogP contribution is -2.20. The summed E-state index contributed by atoms with van der Waals surface area (Å²) in [5.41, 5.74) is 2.36. The minimum absolute atomic E-state index is 0.0462. The van der Waals surface area contributed by atoms with Gasteiger partial charge < -0.3 is 14.2 Å². The van der Waals surface area contributed by atoms with E-state index in [9.17, 15) is 14.0 Å². The average molecular weight is 420 g/mol. The highest BCUT2D eigenvalue weighted by atomic mass is 19.1. The summed E-state index contributed by atoms with van der Waals surface area (Å²) in [4.78, 5) is 24.3. The maximum atomic E-state index is 14.0. The Morgan fingerprint density at radius 3 is 2.42 bits per heavy atom. The highest BCUT2D eigenvalue weighted by Gasteiger charge is 2.25. The third-order valence-electron chi connectivity index (χ3n) is 4.93. The monoisotopic (exact) mass is 420 g/mol. The highest BCUT2D eigenvalue weighted by molar-refractivity contribution is 5.97. The molecule has 0 saturated carbocycles. The molecule has 1 aliphatic rings. The Morgan fingerprint density at radius 2 is 1.68 bits per heavy atom. The van der Waals surface area contributed by atoms with E-state index in [1.54, 1.807) is 24.3 Å². The normalized spacial score (nSPS) is 14.9. The zero-order chi connectivity index (χ0) is 21.6. The standard InChI is InChI=1S/C25H21FO5/c26-21-13-19(15-29-23(28)12-11-22(27)17-7-3-1-4-8-17)24-20(14-21)16-30-25(31-24)18-9-5-2-6-10-18/h1-10,13-14,25H,11-12,15-16H2. The predicted octanol–water partition coefficient (Wildman–Crippen LogP) is 5.14. The molecule has 31 heavy (non-hydrogen) atoms. The fraction of sp³-hybridized carbons (Fsp3) is 0.200. The van der Waals surface area contributed by atoms with E-state index >= 15 is 0 Å². The molecule has 4 rings (SSSR count). The Labute approximate surface area is 179 Å². The van der Waals surface area contributed by atoms with Crippen molar-refractivity contribution in [2.75, 3.05) is 0 Å². The van der Waals surface area contributed by atoms with Crippen molar-refractivity contribution in [2.24, 2.45) is 0 Å². The van der Waals surface area contributed by atoms with Crippen LogP contribution in [0.5, 0.6) is 5.75 Å². The Morgan fingerprint density at radius 1 is 0.968 bits per heavy atom. The van der Waals surface area contributed by atoms with Crippen molar-refractivity contribution in [2.45, 2.75) is 32.3 Å². The van der Waals surface area contributed by atoms with Crippen LogP contribution in [0, 0.1) is 5.82 Å². The zero-order valence-corrected chi connectivity index (χ0v) is 16.8. The van der Waals surface area contributed by atoms with E-state index in [0.29, 0.717) is 22.4 Å². The van der Waals surface area contributed by atoms with E-state index in [-0.39, 0.29) is 31.8 Å². The second-order valence-electron chi connectivity index (χ2n) is 7.17. The van der Waals surface area contributed by atoms with Gasteiger partial charge in [-0.15, -0.1) is 0 Å². The van der Waals surface area contributed by atoms with Crippen LogP contribution in [0.1, 0.15) is 46.2 Å². The van der Waals surface area contributed by atoms with Crippen molar-refractivity contribution < 1.29 is 28.2 Å². The summed E-state index contributed by atoms with van der Waals surface area (Å²) in [5, 5.41) is 0. The predicted molar refractivity (Wildman–Crippen MR) is 111 cm³/mol. The number of carbonyl (C=O) groups excluding carboxylic acids is 2. The number of esters is 1. The number of hydrogen-bond acceptors (Lipinski definition) is 5. The first-order chi connectivity index (χ1) is 15.1. The second-order valence-corrected chi connectivity index (χ2v) is 7.17. The van der Waals surface area contributed by atoms with Gasteiger partial charge in [-0.3, -0.25) is 9.59 Å². The fourth-order valence-corrected chi connectivity index (χ4v) is 3.37. The SMILES string of the molecule is O=C(CCC(=O)c1ccccc1)OCc1cc(F)cc2c1OC(c1ccccc1)OC2.